The smallest absolute Gasteiger partial charge is 0.389 e. The molecule has 6 aromatic rings. The van der Waals surface area contributed by atoms with Crippen molar-refractivity contribution in [2.24, 2.45) is 0 Å². The number of hydrogen-bond donors (Lipinski definition) is 1. The molecule has 0 aliphatic heterocycles. The number of anilines is 1. The molecule has 6 rings (SSSR count). The molecule has 0 unspecified atom stereocenters. The minimum Gasteiger partial charge on any atom is -0.494 e. The minimum atomic E-state index is -4.28. The van der Waals surface area contributed by atoms with E-state index in [0.717, 1.165) is 6.08 Å². The van der Waals surface area contributed by atoms with Crippen LogP contribution in [0.5, 0.6) is 23.0 Å². The largest absolute Gasteiger partial charge is 0.494 e. The standard InChI is InChI=1S/C54H44F6N2O12/c55-53(56,57)27-1-29-69-43-19-9-37(10-20-43)51(65)73-45-15-3-35(4-16-45)7-25-49(63)71-33-39-31-41(61)13-23-47(39)48-24-14-42(62(67)68)32-40(48)34-72-50(64)26-8-36-5-17-46(18-6-36)74-52(66)38-11-21-44(22-12-38)70-30-2-28-54(58,59)60/h3-26,31-32H,1-2,27-30,33-34,61H2/b25-7+,26-8+. The third-order valence-electron chi connectivity index (χ3n) is 10.4. The lowest BCUT2D eigenvalue weighted by molar-refractivity contribution is -0.384. The van der Waals surface area contributed by atoms with Gasteiger partial charge >= 0.3 is 36.2 Å². The Morgan fingerprint density at radius 3 is 1.32 bits per heavy atom. The number of hydrogen-bond acceptors (Lipinski definition) is 13. The number of rotatable bonds is 22. The molecule has 2 N–H and O–H groups in total. The predicted octanol–water partition coefficient (Wildman–Crippen LogP) is 12.2. The Morgan fingerprint density at radius 2 is 0.919 bits per heavy atom. The van der Waals surface area contributed by atoms with Crippen molar-refractivity contribution in [2.75, 3.05) is 18.9 Å². The molecular weight excluding hydrogens is 983 g/mol. The zero-order chi connectivity index (χ0) is 53.3. The summed E-state index contributed by atoms with van der Waals surface area (Å²) in [6, 6.07) is 32.5. The van der Waals surface area contributed by atoms with Gasteiger partial charge in [-0.2, -0.15) is 26.3 Å². The highest BCUT2D eigenvalue weighted by Crippen LogP contribution is 2.33. The SMILES string of the molecule is Nc1ccc(-c2ccc([N+](=O)[O-])cc2COC(=O)/C=C/c2ccc(OC(=O)c3ccc(OCCCC(F)(F)F)cc3)cc2)c(COC(=O)/C=C/c2ccc(OC(=O)c3ccc(OCCCC(F)(F)F)cc3)cc2)c1. The van der Waals surface area contributed by atoms with E-state index in [9.17, 15) is 55.6 Å². The number of carbonyl (C=O) groups excluding carboxylic acids is 4. The second kappa shape index (κ2) is 25.4. The Balaban J connectivity index is 1.00. The summed E-state index contributed by atoms with van der Waals surface area (Å²) in [5.41, 5.74) is 9.15. The number of nitro groups is 1. The maximum atomic E-state index is 12.9. The number of nitrogen functional groups attached to an aromatic ring is 1. The monoisotopic (exact) mass is 1030 g/mol. The highest BCUT2D eigenvalue weighted by atomic mass is 19.4. The van der Waals surface area contributed by atoms with E-state index in [1.54, 1.807) is 42.5 Å². The lowest BCUT2D eigenvalue weighted by atomic mass is 9.95. The number of halogens is 6. The van der Waals surface area contributed by atoms with E-state index < -0.39 is 60.6 Å². The molecule has 0 fully saturated rings. The summed E-state index contributed by atoms with van der Waals surface area (Å²) in [4.78, 5) is 62.2. The summed E-state index contributed by atoms with van der Waals surface area (Å²) in [5.74, 6) is -1.95. The number of benzene rings is 6. The van der Waals surface area contributed by atoms with E-state index in [-0.39, 0.29) is 66.5 Å². The Hall–Kier alpha value is -8.94. The molecule has 14 nitrogen and oxygen atoms in total. The molecular formula is C54H44F6N2O12. The van der Waals surface area contributed by atoms with Gasteiger partial charge in [-0.3, -0.25) is 10.1 Å². The van der Waals surface area contributed by atoms with Gasteiger partial charge in [0.25, 0.3) is 5.69 Å². The van der Waals surface area contributed by atoms with Crippen molar-refractivity contribution in [3.05, 3.63) is 189 Å². The predicted molar refractivity (Wildman–Crippen MR) is 258 cm³/mol. The van der Waals surface area contributed by atoms with Gasteiger partial charge in [0.05, 0.1) is 29.3 Å². The van der Waals surface area contributed by atoms with Crippen LogP contribution in [0.4, 0.5) is 37.7 Å². The molecule has 0 bridgehead atoms. The van der Waals surface area contributed by atoms with Crippen LogP contribution < -0.4 is 24.7 Å². The molecule has 0 aliphatic carbocycles. The summed E-state index contributed by atoms with van der Waals surface area (Å²) in [5, 5.41) is 11.8. The van der Waals surface area contributed by atoms with Gasteiger partial charge in [0.15, 0.2) is 0 Å². The van der Waals surface area contributed by atoms with Crippen LogP contribution in [-0.4, -0.2) is 54.4 Å². The lowest BCUT2D eigenvalue weighted by Crippen LogP contribution is -2.10. The molecule has 20 heteroatoms. The van der Waals surface area contributed by atoms with Crippen LogP contribution in [0, 0.1) is 10.1 Å². The first-order valence-corrected chi connectivity index (χ1v) is 22.4. The fourth-order valence-corrected chi connectivity index (χ4v) is 6.72. The summed E-state index contributed by atoms with van der Waals surface area (Å²) in [7, 11) is 0. The van der Waals surface area contributed by atoms with Crippen molar-refractivity contribution < 1.29 is 78.9 Å². The second-order valence-electron chi connectivity index (χ2n) is 16.0. The summed E-state index contributed by atoms with van der Waals surface area (Å²) < 4.78 is 106. The van der Waals surface area contributed by atoms with E-state index in [0.29, 0.717) is 45.0 Å². The van der Waals surface area contributed by atoms with Gasteiger partial charge in [0.2, 0.25) is 0 Å². The number of nitrogens with two attached hydrogens (primary N) is 1. The molecule has 74 heavy (non-hydrogen) atoms. The molecule has 0 amide bonds. The molecule has 0 radical (unpaired) electrons. The van der Waals surface area contributed by atoms with Crippen molar-refractivity contribution >= 4 is 47.4 Å². The number of carbonyl (C=O) groups is 4. The maximum Gasteiger partial charge on any atom is 0.389 e. The van der Waals surface area contributed by atoms with Gasteiger partial charge in [-0.25, -0.2) is 19.2 Å². The number of esters is 4. The average molecular weight is 1030 g/mol. The highest BCUT2D eigenvalue weighted by Gasteiger charge is 2.27. The van der Waals surface area contributed by atoms with Crippen LogP contribution in [0.3, 0.4) is 0 Å². The van der Waals surface area contributed by atoms with Crippen molar-refractivity contribution in [1.29, 1.82) is 0 Å². The van der Waals surface area contributed by atoms with Gasteiger partial charge in [-0.1, -0.05) is 30.3 Å². The Kier molecular flexibility index (Phi) is 18.7. The maximum absolute atomic E-state index is 12.9. The quantitative estimate of drug-likeness (QED) is 0.00988. The third kappa shape index (κ3) is 17.7. The van der Waals surface area contributed by atoms with E-state index in [1.807, 2.05) is 0 Å². The van der Waals surface area contributed by atoms with Gasteiger partial charge in [0.1, 0.15) is 36.2 Å². The number of ether oxygens (including phenoxy) is 6. The van der Waals surface area contributed by atoms with Crippen LogP contribution in [-0.2, 0) is 32.3 Å². The zero-order valence-corrected chi connectivity index (χ0v) is 38.9. The average Bonchev–Trinajstić information content (AvgIpc) is 3.37. The summed E-state index contributed by atoms with van der Waals surface area (Å²) in [6.07, 6.45) is -5.70. The van der Waals surface area contributed by atoms with Gasteiger partial charge < -0.3 is 34.2 Å². The van der Waals surface area contributed by atoms with E-state index in [1.165, 1.54) is 109 Å². The van der Waals surface area contributed by atoms with Crippen LogP contribution in [0.2, 0.25) is 0 Å². The number of non-ortho nitro benzene ring substituents is 1. The first kappa shape index (κ1) is 54.4. The molecule has 384 valence electrons. The van der Waals surface area contributed by atoms with Crippen LogP contribution >= 0.6 is 0 Å². The Labute approximate surface area is 418 Å². The summed E-state index contributed by atoms with van der Waals surface area (Å²) in [6.45, 7) is -0.956. The molecule has 0 spiro atoms. The summed E-state index contributed by atoms with van der Waals surface area (Å²) >= 11 is 0. The molecule has 0 aromatic heterocycles. The second-order valence-corrected chi connectivity index (χ2v) is 16.0. The normalized spacial score (nSPS) is 11.5. The first-order chi connectivity index (χ1) is 35.3. The topological polar surface area (TPSA) is 193 Å². The zero-order valence-electron chi connectivity index (χ0n) is 38.9. The number of alkyl halides is 6. The van der Waals surface area contributed by atoms with E-state index >= 15 is 0 Å². The Bertz CT molecular complexity index is 2970. The van der Waals surface area contributed by atoms with Gasteiger partial charge in [-0.15, -0.1) is 0 Å². The molecule has 0 saturated carbocycles. The van der Waals surface area contributed by atoms with Crippen molar-refractivity contribution in [3.8, 4) is 34.1 Å². The molecule has 6 aromatic carbocycles. The van der Waals surface area contributed by atoms with Gasteiger partial charge in [0, 0.05) is 48.4 Å². The van der Waals surface area contributed by atoms with E-state index in [4.69, 9.17) is 34.2 Å². The van der Waals surface area contributed by atoms with Gasteiger partial charge in [-0.05, 0) is 144 Å². The number of nitrogens with zero attached hydrogens (tertiary/aromatic N) is 1. The fourth-order valence-electron chi connectivity index (χ4n) is 6.72. The first-order valence-electron chi connectivity index (χ1n) is 22.4. The van der Waals surface area contributed by atoms with Crippen LogP contribution in [0.15, 0.2) is 146 Å². The van der Waals surface area contributed by atoms with Crippen molar-refractivity contribution in [3.63, 3.8) is 0 Å². The minimum absolute atomic E-state index is 0.140. The van der Waals surface area contributed by atoms with Crippen molar-refractivity contribution in [1.82, 2.24) is 0 Å². The molecule has 0 heterocycles. The lowest BCUT2D eigenvalue weighted by Gasteiger charge is -2.15. The van der Waals surface area contributed by atoms with E-state index in [2.05, 4.69) is 0 Å². The highest BCUT2D eigenvalue weighted by molar-refractivity contribution is 5.92. The molecule has 0 atom stereocenters. The van der Waals surface area contributed by atoms with Crippen LogP contribution in [0.1, 0.15) is 68.7 Å². The molecule has 0 saturated heterocycles. The molecule has 0 aliphatic rings. The fraction of sp³-hybridized carbons (Fsp3) is 0.185. The number of nitro benzene ring substituents is 1. The third-order valence-corrected chi connectivity index (χ3v) is 10.4. The van der Waals surface area contributed by atoms with Crippen molar-refractivity contribution in [2.45, 2.75) is 51.2 Å². The van der Waals surface area contributed by atoms with Crippen LogP contribution in [0.25, 0.3) is 23.3 Å². The Morgan fingerprint density at radius 1 is 0.527 bits per heavy atom.